The Morgan fingerprint density at radius 3 is 2.83 bits per heavy atom. The zero-order chi connectivity index (χ0) is 16.9. The molecule has 1 amide bonds. The first-order chi connectivity index (χ1) is 11.6. The number of aromatic nitrogens is 3. The van der Waals surface area contributed by atoms with Gasteiger partial charge in [0.15, 0.2) is 0 Å². The summed E-state index contributed by atoms with van der Waals surface area (Å²) in [6.45, 7) is 1.53. The Kier molecular flexibility index (Phi) is 5.24. The Labute approximate surface area is 145 Å². The molecule has 1 saturated heterocycles. The maximum absolute atomic E-state index is 12.4. The lowest BCUT2D eigenvalue weighted by atomic mass is 10.1. The van der Waals surface area contributed by atoms with Crippen molar-refractivity contribution in [1.29, 1.82) is 0 Å². The highest BCUT2D eigenvalue weighted by atomic mass is 32.1. The molecule has 0 aliphatic carbocycles. The first-order valence-electron chi connectivity index (χ1n) is 8.10. The van der Waals surface area contributed by atoms with Crippen LogP contribution in [0.3, 0.4) is 0 Å². The number of hydrogen-bond acceptors (Lipinski definition) is 7. The molecule has 24 heavy (non-hydrogen) atoms. The van der Waals surface area contributed by atoms with Crippen LogP contribution >= 0.6 is 11.5 Å². The average molecular weight is 346 g/mol. The highest BCUT2D eigenvalue weighted by molar-refractivity contribution is 7.07. The molecule has 1 fully saturated rings. The summed E-state index contributed by atoms with van der Waals surface area (Å²) in [5.41, 5.74) is 1.03. The van der Waals surface area contributed by atoms with E-state index in [4.69, 9.17) is 0 Å². The van der Waals surface area contributed by atoms with Crippen LogP contribution in [0.2, 0.25) is 0 Å². The van der Waals surface area contributed by atoms with E-state index in [0.717, 1.165) is 55.4 Å². The highest BCUT2D eigenvalue weighted by Gasteiger charge is 2.22. The molecule has 3 rings (SSSR count). The third-order valence-corrected chi connectivity index (χ3v) is 4.82. The van der Waals surface area contributed by atoms with Gasteiger partial charge in [0.1, 0.15) is 10.7 Å². The van der Waals surface area contributed by atoms with Gasteiger partial charge in [0.05, 0.1) is 18.1 Å². The molecule has 8 heteroatoms. The third-order valence-electron chi connectivity index (χ3n) is 4.16. The molecule has 1 N–H and O–H groups in total. The summed E-state index contributed by atoms with van der Waals surface area (Å²) in [7, 11) is 3.95. The Morgan fingerprint density at radius 2 is 2.17 bits per heavy atom. The molecule has 7 nitrogen and oxygen atoms in total. The molecular weight excluding hydrogens is 324 g/mol. The number of carbonyl (C=O) groups is 1. The Hall–Kier alpha value is -2.22. The number of rotatable bonds is 4. The molecule has 3 heterocycles. The molecule has 0 radical (unpaired) electrons. The summed E-state index contributed by atoms with van der Waals surface area (Å²) in [5.74, 6) is 0.985. The molecular formula is C16H22N6OS. The predicted molar refractivity (Wildman–Crippen MR) is 95.6 cm³/mol. The highest BCUT2D eigenvalue weighted by Crippen LogP contribution is 2.19. The van der Waals surface area contributed by atoms with E-state index in [-0.39, 0.29) is 5.91 Å². The van der Waals surface area contributed by atoms with Crippen molar-refractivity contribution in [3.63, 3.8) is 0 Å². The van der Waals surface area contributed by atoms with Crippen LogP contribution in [0.1, 0.15) is 28.9 Å². The normalized spacial score (nSPS) is 18.1. The quantitative estimate of drug-likeness (QED) is 0.914. The molecule has 0 spiro atoms. The van der Waals surface area contributed by atoms with Gasteiger partial charge < -0.3 is 15.1 Å². The number of anilines is 2. The molecule has 2 aromatic rings. The Balaban J connectivity index is 1.56. The number of hydrogen-bond donors (Lipinski definition) is 1. The second-order valence-corrected chi connectivity index (χ2v) is 6.93. The molecule has 128 valence electrons. The van der Waals surface area contributed by atoms with Crippen molar-refractivity contribution in [2.24, 2.45) is 0 Å². The first-order valence-corrected chi connectivity index (χ1v) is 8.87. The predicted octanol–water partition coefficient (Wildman–Crippen LogP) is 2.11. The molecule has 0 aromatic carbocycles. The van der Waals surface area contributed by atoms with Crippen LogP contribution in [0, 0.1) is 0 Å². The largest absolute Gasteiger partial charge is 0.381 e. The van der Waals surface area contributed by atoms with Gasteiger partial charge in [0, 0.05) is 33.2 Å². The number of carbonyl (C=O) groups excluding carboxylic acids is 1. The van der Waals surface area contributed by atoms with Gasteiger partial charge in [-0.3, -0.25) is 4.79 Å². The lowest BCUT2D eigenvalue weighted by Gasteiger charge is -2.20. The van der Waals surface area contributed by atoms with Gasteiger partial charge >= 0.3 is 0 Å². The average Bonchev–Trinajstić information content (AvgIpc) is 3.02. The molecule has 2 aromatic heterocycles. The summed E-state index contributed by atoms with van der Waals surface area (Å²) >= 11 is 1.16. The van der Waals surface area contributed by atoms with Crippen LogP contribution < -0.4 is 10.2 Å². The number of amides is 1. The van der Waals surface area contributed by atoms with E-state index in [9.17, 15) is 4.79 Å². The summed E-state index contributed by atoms with van der Waals surface area (Å²) in [5, 5.41) is 7.29. The van der Waals surface area contributed by atoms with Crippen LogP contribution in [-0.2, 0) is 0 Å². The van der Waals surface area contributed by atoms with E-state index in [2.05, 4.69) is 26.0 Å². The van der Waals surface area contributed by atoms with E-state index in [1.54, 1.807) is 6.20 Å². The van der Waals surface area contributed by atoms with Crippen LogP contribution in [0.5, 0.6) is 0 Å². The lowest BCUT2D eigenvalue weighted by molar-refractivity contribution is 0.0766. The van der Waals surface area contributed by atoms with E-state index >= 15 is 0 Å². The lowest BCUT2D eigenvalue weighted by Crippen LogP contribution is -2.32. The van der Waals surface area contributed by atoms with Crippen LogP contribution in [0.25, 0.3) is 0 Å². The second kappa shape index (κ2) is 7.57. The van der Waals surface area contributed by atoms with Gasteiger partial charge in [-0.15, -0.1) is 5.10 Å². The number of likely N-dealkylation sites (tertiary alicyclic amines) is 1. The van der Waals surface area contributed by atoms with Crippen molar-refractivity contribution >= 4 is 28.9 Å². The summed E-state index contributed by atoms with van der Waals surface area (Å²) < 4.78 is 3.77. The van der Waals surface area contributed by atoms with Crippen molar-refractivity contribution in [3.8, 4) is 0 Å². The fraction of sp³-hybridized carbons (Fsp3) is 0.500. The van der Waals surface area contributed by atoms with E-state index in [1.165, 1.54) is 0 Å². The van der Waals surface area contributed by atoms with Crippen molar-refractivity contribution in [3.05, 3.63) is 29.4 Å². The fourth-order valence-electron chi connectivity index (χ4n) is 2.83. The molecule has 0 unspecified atom stereocenters. The van der Waals surface area contributed by atoms with Gasteiger partial charge in [-0.1, -0.05) is 4.49 Å². The van der Waals surface area contributed by atoms with E-state index in [0.29, 0.717) is 10.9 Å². The van der Waals surface area contributed by atoms with Gasteiger partial charge in [-0.2, -0.15) is 0 Å². The zero-order valence-electron chi connectivity index (χ0n) is 14.0. The van der Waals surface area contributed by atoms with Gasteiger partial charge in [-0.05, 0) is 42.9 Å². The summed E-state index contributed by atoms with van der Waals surface area (Å²) in [6, 6.07) is 4.42. The van der Waals surface area contributed by atoms with Crippen molar-refractivity contribution in [1.82, 2.24) is 19.5 Å². The van der Waals surface area contributed by atoms with Crippen molar-refractivity contribution in [2.45, 2.75) is 25.3 Å². The van der Waals surface area contributed by atoms with Gasteiger partial charge in [0.2, 0.25) is 0 Å². The monoisotopic (exact) mass is 346 g/mol. The standard InChI is InChI=1S/C16H22N6OS/c1-21(2)15-6-5-13(10-17-15)19-12-4-3-8-22(9-7-12)16(23)14-11-18-20-24-14/h5-6,10-12,19H,3-4,7-9H2,1-2H3/t12-/m1/s1. The molecule has 0 bridgehead atoms. The van der Waals surface area contributed by atoms with E-state index < -0.39 is 0 Å². The van der Waals surface area contributed by atoms with Gasteiger partial charge in [0.25, 0.3) is 5.91 Å². The molecule has 1 atom stereocenters. The maximum atomic E-state index is 12.4. The van der Waals surface area contributed by atoms with Crippen molar-refractivity contribution < 1.29 is 4.79 Å². The topological polar surface area (TPSA) is 74.2 Å². The summed E-state index contributed by atoms with van der Waals surface area (Å²) in [4.78, 5) is 21.3. The smallest absolute Gasteiger partial charge is 0.267 e. The number of nitrogens with zero attached hydrogens (tertiary/aromatic N) is 5. The Morgan fingerprint density at radius 1 is 1.29 bits per heavy atom. The molecule has 1 aliphatic rings. The SMILES string of the molecule is CN(C)c1ccc(N[C@@H]2CCCN(C(=O)c3cnns3)CC2)cn1. The fourth-order valence-corrected chi connectivity index (χ4v) is 3.32. The Bertz CT molecular complexity index is 658. The van der Waals surface area contributed by atoms with E-state index in [1.807, 2.05) is 36.2 Å². The van der Waals surface area contributed by atoms with Crippen LogP contribution in [0.4, 0.5) is 11.5 Å². The van der Waals surface area contributed by atoms with Crippen LogP contribution in [-0.4, -0.2) is 58.6 Å². The molecule has 1 aliphatic heterocycles. The van der Waals surface area contributed by atoms with Crippen LogP contribution in [0.15, 0.2) is 24.5 Å². The first kappa shape index (κ1) is 16.6. The number of nitrogens with one attached hydrogen (secondary N) is 1. The van der Waals surface area contributed by atoms with Crippen molar-refractivity contribution in [2.75, 3.05) is 37.4 Å². The minimum absolute atomic E-state index is 0.0441. The zero-order valence-corrected chi connectivity index (χ0v) is 14.8. The third kappa shape index (κ3) is 4.00. The molecule has 0 saturated carbocycles. The minimum Gasteiger partial charge on any atom is -0.381 e. The summed E-state index contributed by atoms with van der Waals surface area (Å²) in [6.07, 6.45) is 6.37. The second-order valence-electron chi connectivity index (χ2n) is 6.15. The minimum atomic E-state index is 0.0441. The number of pyridine rings is 1. The maximum Gasteiger partial charge on any atom is 0.267 e. The van der Waals surface area contributed by atoms with Gasteiger partial charge in [-0.25, -0.2) is 4.98 Å².